The molecule has 0 bridgehead atoms. The zero-order valence-electron chi connectivity index (χ0n) is 11.2. The van der Waals surface area contributed by atoms with Crippen LogP contribution in [-0.4, -0.2) is 18.0 Å². The third kappa shape index (κ3) is 2.81. The number of hydrogen-bond donors (Lipinski definition) is 0. The fraction of sp³-hybridized carbons (Fsp3) is 0.500. The smallest absolute Gasteiger partial charge is 0.197 e. The third-order valence-corrected chi connectivity index (χ3v) is 3.26. The molecule has 0 heterocycles. The van der Waals surface area contributed by atoms with Crippen LogP contribution in [0.1, 0.15) is 44.0 Å². The van der Waals surface area contributed by atoms with E-state index in [2.05, 4.69) is 0 Å². The van der Waals surface area contributed by atoms with Crippen molar-refractivity contribution in [2.45, 2.75) is 39.2 Å². The first-order chi connectivity index (χ1) is 8.93. The maximum absolute atomic E-state index is 13.7. The molecule has 0 spiro atoms. The van der Waals surface area contributed by atoms with E-state index < -0.39 is 34.4 Å². The third-order valence-electron chi connectivity index (χ3n) is 3.26. The lowest BCUT2D eigenvalue weighted by atomic mass is 9.87. The zero-order valence-corrected chi connectivity index (χ0v) is 11.2. The molecule has 0 unspecified atom stereocenters. The monoisotopic (exact) mass is 274 g/mol. The molecule has 0 saturated carbocycles. The first-order valence-electron chi connectivity index (χ1n) is 6.25. The molecule has 1 aromatic carbocycles. The Bertz CT molecular complexity index is 468. The van der Waals surface area contributed by atoms with Gasteiger partial charge < -0.3 is 4.74 Å². The average Bonchev–Trinajstić information content (AvgIpc) is 2.42. The van der Waals surface area contributed by atoms with Crippen LogP contribution in [0.4, 0.5) is 13.2 Å². The maximum atomic E-state index is 13.7. The largest absolute Gasteiger partial charge is 0.367 e. The summed E-state index contributed by atoms with van der Waals surface area (Å²) in [5.41, 5.74) is -1.67. The van der Waals surface area contributed by atoms with Crippen LogP contribution in [0.2, 0.25) is 0 Å². The van der Waals surface area contributed by atoms with Crippen molar-refractivity contribution in [1.82, 2.24) is 0 Å². The first-order valence-corrected chi connectivity index (χ1v) is 6.25. The van der Waals surface area contributed by atoms with Gasteiger partial charge in [0.05, 0.1) is 5.56 Å². The van der Waals surface area contributed by atoms with Gasteiger partial charge in [-0.3, -0.25) is 4.79 Å². The summed E-state index contributed by atoms with van der Waals surface area (Å²) in [5, 5.41) is 0. The fourth-order valence-corrected chi connectivity index (χ4v) is 2.06. The van der Waals surface area contributed by atoms with E-state index in [4.69, 9.17) is 4.74 Å². The first kappa shape index (κ1) is 15.7. The van der Waals surface area contributed by atoms with Gasteiger partial charge in [0.25, 0.3) is 0 Å². The molecule has 0 N–H and O–H groups in total. The van der Waals surface area contributed by atoms with E-state index >= 15 is 0 Å². The highest BCUT2D eigenvalue weighted by atomic mass is 19.2. The van der Waals surface area contributed by atoms with Gasteiger partial charge in [-0.1, -0.05) is 13.8 Å². The Hall–Kier alpha value is -1.36. The number of ketones is 1. The van der Waals surface area contributed by atoms with Gasteiger partial charge >= 0.3 is 0 Å². The van der Waals surface area contributed by atoms with Crippen molar-refractivity contribution in [1.29, 1.82) is 0 Å². The Labute approximate surface area is 110 Å². The second-order valence-electron chi connectivity index (χ2n) is 4.19. The molecule has 0 fully saturated rings. The molecular weight excluding hydrogens is 257 g/mol. The number of carbonyl (C=O) groups excluding carboxylic acids is 1. The minimum absolute atomic E-state index is 0.277. The van der Waals surface area contributed by atoms with Crippen molar-refractivity contribution in [3.05, 3.63) is 35.1 Å². The molecule has 0 amide bonds. The average molecular weight is 274 g/mol. The van der Waals surface area contributed by atoms with Crippen molar-refractivity contribution in [2.24, 2.45) is 0 Å². The molecule has 2 nitrogen and oxygen atoms in total. The molecule has 19 heavy (non-hydrogen) atoms. The van der Waals surface area contributed by atoms with Crippen LogP contribution < -0.4 is 0 Å². The van der Waals surface area contributed by atoms with Gasteiger partial charge in [-0.05, 0) is 31.9 Å². The minimum Gasteiger partial charge on any atom is -0.367 e. The summed E-state index contributed by atoms with van der Waals surface area (Å²) in [6.07, 6.45) is 0.656. The van der Waals surface area contributed by atoms with Crippen LogP contribution in [-0.2, 0) is 4.74 Å². The number of halogens is 3. The molecule has 0 saturated heterocycles. The maximum Gasteiger partial charge on any atom is 0.197 e. The summed E-state index contributed by atoms with van der Waals surface area (Å²) >= 11 is 0. The molecule has 1 aromatic rings. The quantitative estimate of drug-likeness (QED) is 0.581. The summed E-state index contributed by atoms with van der Waals surface area (Å²) < 4.78 is 45.2. The normalized spacial score (nSPS) is 11.7. The molecular formula is C14H17F3O2. The number of rotatable bonds is 6. The highest BCUT2D eigenvalue weighted by Crippen LogP contribution is 2.28. The van der Waals surface area contributed by atoms with Gasteiger partial charge in [-0.2, -0.15) is 0 Å². The summed E-state index contributed by atoms with van der Waals surface area (Å²) in [5.74, 6) is -5.07. The van der Waals surface area contributed by atoms with E-state index in [1.54, 1.807) is 20.8 Å². The van der Waals surface area contributed by atoms with E-state index in [1.165, 1.54) is 0 Å². The lowest BCUT2D eigenvalue weighted by molar-refractivity contribution is -0.0253. The molecule has 5 heteroatoms. The van der Waals surface area contributed by atoms with Crippen molar-refractivity contribution in [3.8, 4) is 0 Å². The molecule has 0 atom stereocenters. The summed E-state index contributed by atoms with van der Waals surface area (Å²) in [7, 11) is 0. The Kier molecular flexibility index (Phi) is 5.11. The van der Waals surface area contributed by atoms with E-state index in [-0.39, 0.29) is 6.61 Å². The van der Waals surface area contributed by atoms with Crippen LogP contribution in [0.3, 0.4) is 0 Å². The second kappa shape index (κ2) is 6.19. The SMILES string of the molecule is CCOC(CC)(CC)C(=O)c1ccc(F)c(F)c1F. The van der Waals surface area contributed by atoms with E-state index in [0.717, 1.165) is 12.1 Å². The van der Waals surface area contributed by atoms with E-state index in [1.807, 2.05) is 0 Å². The Morgan fingerprint density at radius 1 is 1.11 bits per heavy atom. The van der Waals surface area contributed by atoms with Crippen LogP contribution in [0.5, 0.6) is 0 Å². The summed E-state index contributed by atoms with van der Waals surface area (Å²) in [6, 6.07) is 1.70. The predicted octanol–water partition coefficient (Wildman–Crippen LogP) is 3.88. The number of carbonyl (C=O) groups is 1. The molecule has 0 radical (unpaired) electrons. The van der Waals surface area contributed by atoms with Crippen LogP contribution in [0, 0.1) is 17.5 Å². The van der Waals surface area contributed by atoms with Gasteiger partial charge in [-0.15, -0.1) is 0 Å². The summed E-state index contributed by atoms with van der Waals surface area (Å²) in [4.78, 5) is 12.3. The minimum atomic E-state index is -1.64. The van der Waals surface area contributed by atoms with Crippen molar-refractivity contribution >= 4 is 5.78 Å². The van der Waals surface area contributed by atoms with E-state index in [0.29, 0.717) is 12.8 Å². The molecule has 0 aliphatic carbocycles. The Morgan fingerprint density at radius 3 is 2.16 bits per heavy atom. The number of Topliss-reactive ketones (excluding diaryl/α,β-unsaturated/α-hetero) is 1. The van der Waals surface area contributed by atoms with Crippen molar-refractivity contribution in [2.75, 3.05) is 6.61 Å². The van der Waals surface area contributed by atoms with Gasteiger partial charge in [0, 0.05) is 6.61 Å². The van der Waals surface area contributed by atoms with Crippen LogP contribution in [0.25, 0.3) is 0 Å². The van der Waals surface area contributed by atoms with Crippen LogP contribution in [0.15, 0.2) is 12.1 Å². The second-order valence-corrected chi connectivity index (χ2v) is 4.19. The number of ether oxygens (including phenoxy) is 1. The number of benzene rings is 1. The predicted molar refractivity (Wildman–Crippen MR) is 65.6 cm³/mol. The topological polar surface area (TPSA) is 26.3 Å². The summed E-state index contributed by atoms with van der Waals surface area (Å²) in [6.45, 7) is 5.46. The van der Waals surface area contributed by atoms with Gasteiger partial charge in [0.15, 0.2) is 23.2 Å². The highest BCUT2D eigenvalue weighted by molar-refractivity contribution is 6.02. The van der Waals surface area contributed by atoms with E-state index in [9.17, 15) is 18.0 Å². The Balaban J connectivity index is 3.28. The molecule has 0 aromatic heterocycles. The lowest BCUT2D eigenvalue weighted by Gasteiger charge is -2.30. The zero-order chi connectivity index (χ0) is 14.6. The Morgan fingerprint density at radius 2 is 1.68 bits per heavy atom. The molecule has 0 aliphatic rings. The molecule has 106 valence electrons. The van der Waals surface area contributed by atoms with Crippen LogP contribution >= 0.6 is 0 Å². The molecule has 0 aliphatic heterocycles. The standard InChI is InChI=1S/C14H17F3O2/c1-4-14(5-2,19-6-3)13(18)9-7-8-10(15)12(17)11(9)16/h7-8H,4-6H2,1-3H3. The van der Waals surface area contributed by atoms with Crippen molar-refractivity contribution in [3.63, 3.8) is 0 Å². The van der Waals surface area contributed by atoms with Gasteiger partial charge in [0.2, 0.25) is 0 Å². The molecule has 1 rings (SSSR count). The van der Waals surface area contributed by atoms with Crippen molar-refractivity contribution < 1.29 is 22.7 Å². The number of hydrogen-bond acceptors (Lipinski definition) is 2. The van der Waals surface area contributed by atoms with Gasteiger partial charge in [-0.25, -0.2) is 13.2 Å². The fourth-order valence-electron chi connectivity index (χ4n) is 2.06. The lowest BCUT2D eigenvalue weighted by Crippen LogP contribution is -2.41. The highest BCUT2D eigenvalue weighted by Gasteiger charge is 2.38. The van der Waals surface area contributed by atoms with Gasteiger partial charge in [0.1, 0.15) is 5.60 Å².